The largest absolute Gasteiger partial charge is 0.508 e. The summed E-state index contributed by atoms with van der Waals surface area (Å²) in [5.74, 6) is 0.112. The summed E-state index contributed by atoms with van der Waals surface area (Å²) in [5.41, 5.74) is 8.00. The number of halogens is 1. The summed E-state index contributed by atoms with van der Waals surface area (Å²) in [4.78, 5) is 26.3. The first kappa shape index (κ1) is 21.4. The van der Waals surface area contributed by atoms with Gasteiger partial charge in [0.1, 0.15) is 5.75 Å². The van der Waals surface area contributed by atoms with Crippen molar-refractivity contribution in [3.8, 4) is 5.75 Å². The van der Waals surface area contributed by atoms with Crippen molar-refractivity contribution in [1.82, 2.24) is 9.47 Å². The number of aliphatic hydroxyl groups is 1. The monoisotopic (exact) mass is 419 g/mol. The van der Waals surface area contributed by atoms with Crippen LogP contribution < -0.4 is 11.3 Å². The number of aromatic hydroxyl groups is 1. The van der Waals surface area contributed by atoms with Crippen LogP contribution in [0.5, 0.6) is 5.75 Å². The minimum Gasteiger partial charge on any atom is -0.508 e. The molecule has 8 heteroatoms. The van der Waals surface area contributed by atoms with E-state index >= 15 is 0 Å². The molecule has 0 radical (unpaired) electrons. The fourth-order valence-electron chi connectivity index (χ4n) is 3.79. The molecule has 0 spiro atoms. The van der Waals surface area contributed by atoms with E-state index in [9.17, 15) is 14.7 Å². The van der Waals surface area contributed by atoms with Crippen LogP contribution in [0.15, 0.2) is 35.3 Å². The third kappa shape index (κ3) is 4.63. The lowest BCUT2D eigenvalue weighted by molar-refractivity contribution is 0.0676. The zero-order chi connectivity index (χ0) is 21.1. The van der Waals surface area contributed by atoms with Gasteiger partial charge >= 0.3 is 0 Å². The Balaban J connectivity index is 1.67. The molecule has 1 fully saturated rings. The number of nitrogens with zero attached hydrogens (tertiary/aromatic N) is 2. The van der Waals surface area contributed by atoms with Crippen molar-refractivity contribution in [2.45, 2.75) is 32.4 Å². The number of carbonyl (C=O) groups is 1. The van der Waals surface area contributed by atoms with Crippen LogP contribution in [0, 0.1) is 12.8 Å². The Hall–Kier alpha value is -2.35. The van der Waals surface area contributed by atoms with E-state index in [1.54, 1.807) is 17.0 Å². The third-order valence-electron chi connectivity index (χ3n) is 5.57. The van der Waals surface area contributed by atoms with E-state index < -0.39 is 0 Å². The van der Waals surface area contributed by atoms with Crippen LogP contribution in [0.4, 0.5) is 0 Å². The number of aromatic nitrogens is 1. The fraction of sp³-hybridized carbons (Fsp3) is 0.429. The molecule has 0 aliphatic carbocycles. The lowest BCUT2D eigenvalue weighted by atomic mass is 9.85. The van der Waals surface area contributed by atoms with E-state index in [-0.39, 0.29) is 42.3 Å². The maximum Gasteiger partial charge on any atom is 0.255 e. The van der Waals surface area contributed by atoms with Gasteiger partial charge in [-0.25, -0.2) is 0 Å². The van der Waals surface area contributed by atoms with E-state index in [4.69, 9.17) is 22.4 Å². The second-order valence-corrected chi connectivity index (χ2v) is 7.90. The molecule has 1 saturated heterocycles. The molecule has 3 rings (SSSR count). The summed E-state index contributed by atoms with van der Waals surface area (Å²) >= 11 is 6.19. The van der Waals surface area contributed by atoms with Gasteiger partial charge in [0.15, 0.2) is 0 Å². The summed E-state index contributed by atoms with van der Waals surface area (Å²) in [6.07, 6.45) is 2.90. The molecule has 2 aromatic rings. The molecule has 1 aromatic heterocycles. The molecular formula is C21H26ClN3O4. The van der Waals surface area contributed by atoms with Crippen molar-refractivity contribution < 1.29 is 15.0 Å². The number of benzene rings is 1. The van der Waals surface area contributed by atoms with Crippen molar-refractivity contribution in [1.29, 1.82) is 0 Å². The second kappa shape index (κ2) is 8.98. The molecule has 0 saturated carbocycles. The number of amides is 1. The van der Waals surface area contributed by atoms with Gasteiger partial charge in [-0.15, -0.1) is 0 Å². The average Bonchev–Trinajstić information content (AvgIpc) is 2.71. The van der Waals surface area contributed by atoms with Gasteiger partial charge in [0.2, 0.25) is 0 Å². The third-order valence-corrected chi connectivity index (χ3v) is 5.98. The smallest absolute Gasteiger partial charge is 0.255 e. The Kier molecular flexibility index (Phi) is 6.62. The lowest BCUT2D eigenvalue weighted by Crippen LogP contribution is -2.41. The molecular weight excluding hydrogens is 394 g/mol. The van der Waals surface area contributed by atoms with E-state index in [1.165, 1.54) is 22.9 Å². The molecule has 0 bridgehead atoms. The lowest BCUT2D eigenvalue weighted by Gasteiger charge is -2.35. The van der Waals surface area contributed by atoms with Gasteiger partial charge < -0.3 is 25.4 Å². The number of phenolic OH excluding ortho intramolecular Hbond substituents is 1. The van der Waals surface area contributed by atoms with Crippen molar-refractivity contribution in [3.05, 3.63) is 62.5 Å². The predicted molar refractivity (Wildman–Crippen MR) is 111 cm³/mol. The van der Waals surface area contributed by atoms with E-state index in [0.29, 0.717) is 42.1 Å². The number of pyridine rings is 1. The number of aryl methyl sites for hydroxylation is 1. The number of nitrogens with two attached hydrogens (primary N) is 1. The van der Waals surface area contributed by atoms with Crippen LogP contribution in [0.25, 0.3) is 0 Å². The Bertz CT molecular complexity index is 951. The number of hydrogen-bond donors (Lipinski definition) is 3. The molecule has 156 valence electrons. The first-order valence-electron chi connectivity index (χ1n) is 9.67. The van der Waals surface area contributed by atoms with E-state index in [0.717, 1.165) is 5.56 Å². The Labute approximate surface area is 174 Å². The standard InChI is InChI=1S/C21H26ClN3O4/c1-13-10-18(27)16(11-17(13)22)20(23)14-4-6-24(7-5-14)21(29)15-2-3-19(28)25(12-15)8-9-26/h2-3,10-12,14,20,26-27H,4-9,23H2,1H3/t20-/m1/s1. The van der Waals surface area contributed by atoms with Gasteiger partial charge in [0.25, 0.3) is 11.5 Å². The number of phenols is 1. The van der Waals surface area contributed by atoms with Crippen LogP contribution >= 0.6 is 11.6 Å². The van der Waals surface area contributed by atoms with E-state index in [1.807, 2.05) is 6.92 Å². The normalized spacial score (nSPS) is 16.1. The zero-order valence-electron chi connectivity index (χ0n) is 16.3. The van der Waals surface area contributed by atoms with Gasteiger partial charge in [0.05, 0.1) is 12.2 Å². The van der Waals surface area contributed by atoms with Crippen molar-refractivity contribution >= 4 is 17.5 Å². The van der Waals surface area contributed by atoms with Gasteiger partial charge in [-0.05, 0) is 49.4 Å². The van der Waals surface area contributed by atoms with Gasteiger partial charge in [-0.3, -0.25) is 9.59 Å². The van der Waals surface area contributed by atoms with E-state index in [2.05, 4.69) is 0 Å². The molecule has 1 aliphatic heterocycles. The molecule has 1 atom stereocenters. The van der Waals surface area contributed by atoms with Crippen molar-refractivity contribution in [2.24, 2.45) is 11.7 Å². The quantitative estimate of drug-likeness (QED) is 0.687. The van der Waals surface area contributed by atoms with Crippen molar-refractivity contribution in [3.63, 3.8) is 0 Å². The van der Waals surface area contributed by atoms with Crippen LogP contribution in [-0.4, -0.2) is 45.3 Å². The predicted octanol–water partition coefficient (Wildman–Crippen LogP) is 2.06. The zero-order valence-corrected chi connectivity index (χ0v) is 17.1. The van der Waals surface area contributed by atoms with Gasteiger partial charge in [-0.2, -0.15) is 0 Å². The fourth-order valence-corrected chi connectivity index (χ4v) is 3.96. The summed E-state index contributed by atoms with van der Waals surface area (Å²) in [6.45, 7) is 2.88. The number of likely N-dealkylation sites (tertiary alicyclic amines) is 1. The van der Waals surface area contributed by atoms with Crippen molar-refractivity contribution in [2.75, 3.05) is 19.7 Å². The highest BCUT2D eigenvalue weighted by Crippen LogP contribution is 2.36. The Morgan fingerprint density at radius 1 is 1.31 bits per heavy atom. The SMILES string of the molecule is Cc1cc(O)c([C@H](N)C2CCN(C(=O)c3ccc(=O)n(CCO)c3)CC2)cc1Cl. The Morgan fingerprint density at radius 3 is 2.66 bits per heavy atom. The first-order valence-corrected chi connectivity index (χ1v) is 10.0. The maximum absolute atomic E-state index is 12.8. The minimum atomic E-state index is -0.364. The molecule has 1 amide bonds. The number of hydrogen-bond acceptors (Lipinski definition) is 5. The van der Waals surface area contributed by atoms with Crippen LogP contribution in [0.2, 0.25) is 5.02 Å². The highest BCUT2D eigenvalue weighted by Gasteiger charge is 2.29. The van der Waals surface area contributed by atoms with Gasteiger partial charge in [-0.1, -0.05) is 11.6 Å². The minimum absolute atomic E-state index is 0.118. The molecule has 1 aromatic carbocycles. The molecule has 2 heterocycles. The maximum atomic E-state index is 12.8. The highest BCUT2D eigenvalue weighted by molar-refractivity contribution is 6.31. The number of carbonyl (C=O) groups excluding carboxylic acids is 1. The van der Waals surface area contributed by atoms with Crippen LogP contribution in [0.3, 0.4) is 0 Å². The average molecular weight is 420 g/mol. The summed E-state index contributed by atoms with van der Waals surface area (Å²) in [7, 11) is 0. The number of piperidine rings is 1. The van der Waals surface area contributed by atoms with Crippen LogP contribution in [-0.2, 0) is 6.54 Å². The number of rotatable bonds is 5. The summed E-state index contributed by atoms with van der Waals surface area (Å²) in [5, 5.41) is 19.9. The summed E-state index contributed by atoms with van der Waals surface area (Å²) < 4.78 is 1.33. The molecule has 4 N–H and O–H groups in total. The molecule has 29 heavy (non-hydrogen) atoms. The molecule has 0 unspecified atom stereocenters. The summed E-state index contributed by atoms with van der Waals surface area (Å²) in [6, 6.07) is 5.84. The second-order valence-electron chi connectivity index (χ2n) is 7.49. The van der Waals surface area contributed by atoms with Crippen LogP contribution in [0.1, 0.15) is 40.4 Å². The molecule has 1 aliphatic rings. The van der Waals surface area contributed by atoms with Gasteiger partial charge in [0, 0.05) is 48.5 Å². The Morgan fingerprint density at radius 2 is 2.00 bits per heavy atom. The molecule has 7 nitrogen and oxygen atoms in total. The highest BCUT2D eigenvalue weighted by atomic mass is 35.5. The topological polar surface area (TPSA) is 109 Å². The number of aliphatic hydroxyl groups excluding tert-OH is 1. The first-order chi connectivity index (χ1) is 13.8.